The van der Waals surface area contributed by atoms with Crippen LogP contribution in [-0.2, 0) is 19.1 Å². The van der Waals surface area contributed by atoms with Gasteiger partial charge in [0.05, 0.1) is 13.2 Å². The highest BCUT2D eigenvalue weighted by Gasteiger charge is 2.22. The molecule has 102 valence electrons. The Hall–Kier alpha value is -2.25. The van der Waals surface area contributed by atoms with Crippen LogP contribution in [-0.4, -0.2) is 36.0 Å². The maximum atomic E-state index is 11.6. The average Bonchev–Trinajstić information content (AvgIpc) is 2.27. The van der Waals surface area contributed by atoms with Crippen molar-refractivity contribution in [3.05, 3.63) is 11.5 Å². The monoisotopic (exact) mass is 259 g/mol. The Kier molecular flexibility index (Phi) is 6.94. The smallest absolute Gasteiger partial charge is 0.349 e. The number of aliphatic hydroxyl groups excluding tert-OH is 1. The van der Waals surface area contributed by atoms with E-state index in [1.165, 1.54) is 6.92 Å². The van der Waals surface area contributed by atoms with Gasteiger partial charge in [-0.05, 0) is 13.8 Å². The number of hydrazone groups is 1. The van der Waals surface area contributed by atoms with Crippen molar-refractivity contribution in [2.24, 2.45) is 10.8 Å². The minimum atomic E-state index is -0.893. The van der Waals surface area contributed by atoms with Gasteiger partial charge < -0.3 is 20.3 Å². The van der Waals surface area contributed by atoms with E-state index >= 15 is 0 Å². The second kappa shape index (κ2) is 7.93. The van der Waals surface area contributed by atoms with Gasteiger partial charge in [0.15, 0.2) is 11.4 Å². The van der Waals surface area contributed by atoms with Crippen LogP contribution < -0.4 is 11.2 Å². The van der Waals surface area contributed by atoms with Crippen molar-refractivity contribution in [1.29, 1.82) is 0 Å². The molecule has 0 fully saturated rings. The first-order valence-corrected chi connectivity index (χ1v) is 5.27. The minimum absolute atomic E-state index is 0.0924. The van der Waals surface area contributed by atoms with E-state index < -0.39 is 29.2 Å². The molecular weight excluding hydrogens is 242 g/mol. The molecule has 8 heteroatoms. The fraction of sp³-hybridized carbons (Fsp3) is 0.500. The molecule has 0 saturated heterocycles. The van der Waals surface area contributed by atoms with Crippen LogP contribution in [0.1, 0.15) is 20.8 Å². The average molecular weight is 259 g/mol. The number of nitrogens with zero attached hydrogens (tertiary/aromatic N) is 1. The van der Waals surface area contributed by atoms with E-state index in [0.717, 1.165) is 0 Å². The Bertz CT molecular complexity index is 376. The number of nitrogens with two attached hydrogens (primary N) is 1. The van der Waals surface area contributed by atoms with Crippen LogP contribution in [0, 0.1) is 0 Å². The molecule has 18 heavy (non-hydrogen) atoms. The molecule has 0 unspecified atom stereocenters. The summed E-state index contributed by atoms with van der Waals surface area (Å²) < 4.78 is 9.45. The first-order valence-electron chi connectivity index (χ1n) is 5.27. The molecule has 0 spiro atoms. The molecule has 0 saturated carbocycles. The standard InChI is InChI=1S/C10H17N3O5/c1-4-17-9(15)7(10(16)18-5-2)8(11)13-12-6(3)14/h15H,4-5H2,1-3H3,(H2,11,13)(H,12,14)/b9-7-. The summed E-state index contributed by atoms with van der Waals surface area (Å²) in [6, 6.07) is 0. The maximum Gasteiger partial charge on any atom is 0.349 e. The summed E-state index contributed by atoms with van der Waals surface area (Å²) in [5.74, 6) is -2.48. The molecule has 0 rings (SSSR count). The van der Waals surface area contributed by atoms with Crippen molar-refractivity contribution in [2.45, 2.75) is 20.8 Å². The van der Waals surface area contributed by atoms with Crippen LogP contribution in [0.2, 0.25) is 0 Å². The van der Waals surface area contributed by atoms with Gasteiger partial charge in [-0.15, -0.1) is 0 Å². The fourth-order valence-electron chi connectivity index (χ4n) is 0.908. The van der Waals surface area contributed by atoms with E-state index in [1.807, 2.05) is 5.43 Å². The number of carbonyl (C=O) groups is 2. The van der Waals surface area contributed by atoms with Crippen molar-refractivity contribution in [1.82, 2.24) is 5.43 Å². The summed E-state index contributed by atoms with van der Waals surface area (Å²) >= 11 is 0. The van der Waals surface area contributed by atoms with Crippen LogP contribution in [0.15, 0.2) is 16.6 Å². The van der Waals surface area contributed by atoms with E-state index in [4.69, 9.17) is 10.5 Å². The van der Waals surface area contributed by atoms with Gasteiger partial charge in [-0.2, -0.15) is 5.10 Å². The number of hydrogen-bond acceptors (Lipinski definition) is 6. The highest BCUT2D eigenvalue weighted by atomic mass is 16.6. The molecule has 0 heterocycles. The number of esters is 1. The summed E-state index contributed by atoms with van der Waals surface area (Å²) in [7, 11) is 0. The molecule has 0 aromatic rings. The molecule has 0 aliphatic heterocycles. The third-order valence-electron chi connectivity index (χ3n) is 1.56. The number of rotatable bonds is 6. The molecule has 4 N–H and O–H groups in total. The van der Waals surface area contributed by atoms with Gasteiger partial charge in [0, 0.05) is 6.92 Å². The lowest BCUT2D eigenvalue weighted by Crippen LogP contribution is -2.29. The van der Waals surface area contributed by atoms with Crippen molar-refractivity contribution < 1.29 is 24.2 Å². The second-order valence-corrected chi connectivity index (χ2v) is 3.00. The van der Waals surface area contributed by atoms with Gasteiger partial charge in [-0.25, -0.2) is 10.2 Å². The number of nitrogens with one attached hydrogen (secondary N) is 1. The van der Waals surface area contributed by atoms with Gasteiger partial charge in [-0.1, -0.05) is 0 Å². The lowest BCUT2D eigenvalue weighted by atomic mass is 10.2. The van der Waals surface area contributed by atoms with Crippen LogP contribution in [0.4, 0.5) is 0 Å². The molecule has 0 aliphatic rings. The number of ether oxygens (including phenoxy) is 2. The van der Waals surface area contributed by atoms with E-state index in [9.17, 15) is 14.7 Å². The van der Waals surface area contributed by atoms with Crippen LogP contribution >= 0.6 is 0 Å². The fourth-order valence-corrected chi connectivity index (χ4v) is 0.908. The summed E-state index contributed by atoms with van der Waals surface area (Å²) in [4.78, 5) is 22.2. The quantitative estimate of drug-likeness (QED) is 0.151. The predicted octanol–water partition coefficient (Wildman–Crippen LogP) is -0.236. The van der Waals surface area contributed by atoms with Crippen LogP contribution in [0.5, 0.6) is 0 Å². The zero-order chi connectivity index (χ0) is 14.1. The van der Waals surface area contributed by atoms with Gasteiger partial charge in [0.1, 0.15) is 0 Å². The number of amides is 1. The van der Waals surface area contributed by atoms with Crippen molar-refractivity contribution in [2.75, 3.05) is 13.2 Å². The van der Waals surface area contributed by atoms with Crippen molar-refractivity contribution in [3.63, 3.8) is 0 Å². The zero-order valence-electron chi connectivity index (χ0n) is 10.5. The first kappa shape index (κ1) is 15.8. The number of amidine groups is 1. The Labute approximate surface area is 104 Å². The molecule has 1 amide bonds. The largest absolute Gasteiger partial charge is 0.480 e. The predicted molar refractivity (Wildman–Crippen MR) is 63.4 cm³/mol. The molecule has 8 nitrogen and oxygen atoms in total. The Morgan fingerprint density at radius 1 is 1.28 bits per heavy atom. The van der Waals surface area contributed by atoms with Crippen LogP contribution in [0.25, 0.3) is 0 Å². The molecule has 0 aliphatic carbocycles. The molecule has 0 aromatic heterocycles. The number of aliphatic hydroxyl groups is 1. The minimum Gasteiger partial charge on any atom is -0.480 e. The lowest BCUT2D eigenvalue weighted by Gasteiger charge is -2.09. The van der Waals surface area contributed by atoms with Gasteiger partial charge >= 0.3 is 5.97 Å². The molecule has 0 atom stereocenters. The second-order valence-electron chi connectivity index (χ2n) is 3.00. The topological polar surface area (TPSA) is 123 Å². The third kappa shape index (κ3) is 5.19. The highest BCUT2D eigenvalue weighted by molar-refractivity contribution is 6.18. The molecule has 0 radical (unpaired) electrons. The summed E-state index contributed by atoms with van der Waals surface area (Å²) in [5, 5.41) is 13.0. The third-order valence-corrected chi connectivity index (χ3v) is 1.56. The van der Waals surface area contributed by atoms with Gasteiger partial charge in [0.25, 0.3) is 5.95 Å². The SMILES string of the molecule is CCOC(=O)C(=C(/O)OCC)/C(N)=N\NC(C)=O. The normalized spacial score (nSPS) is 12.5. The Morgan fingerprint density at radius 3 is 2.28 bits per heavy atom. The number of hydrogen-bond donors (Lipinski definition) is 3. The molecule has 0 aromatic carbocycles. The van der Waals surface area contributed by atoms with Crippen molar-refractivity contribution >= 4 is 17.7 Å². The molecule has 0 bridgehead atoms. The highest BCUT2D eigenvalue weighted by Crippen LogP contribution is 2.06. The van der Waals surface area contributed by atoms with Gasteiger partial charge in [0.2, 0.25) is 5.91 Å². The maximum absolute atomic E-state index is 11.6. The van der Waals surface area contributed by atoms with Crippen molar-refractivity contribution in [3.8, 4) is 0 Å². The van der Waals surface area contributed by atoms with E-state index in [1.54, 1.807) is 13.8 Å². The molecular formula is C10H17N3O5. The summed E-state index contributed by atoms with van der Waals surface area (Å²) in [6.45, 7) is 4.64. The lowest BCUT2D eigenvalue weighted by molar-refractivity contribution is -0.138. The zero-order valence-corrected chi connectivity index (χ0v) is 10.5. The Morgan fingerprint density at radius 2 is 1.83 bits per heavy atom. The van der Waals surface area contributed by atoms with Gasteiger partial charge in [-0.3, -0.25) is 4.79 Å². The van der Waals surface area contributed by atoms with E-state index in [2.05, 4.69) is 9.84 Å². The first-order chi connectivity index (χ1) is 8.43. The Balaban J connectivity index is 5.21. The summed E-state index contributed by atoms with van der Waals surface area (Å²) in [6.07, 6.45) is 0. The summed E-state index contributed by atoms with van der Waals surface area (Å²) in [5.41, 5.74) is 7.06. The van der Waals surface area contributed by atoms with E-state index in [-0.39, 0.29) is 13.2 Å². The number of carbonyl (C=O) groups excluding carboxylic acids is 2. The van der Waals surface area contributed by atoms with Crippen LogP contribution in [0.3, 0.4) is 0 Å². The van der Waals surface area contributed by atoms with E-state index in [0.29, 0.717) is 0 Å².